The van der Waals surface area contributed by atoms with E-state index in [0.717, 1.165) is 38.1 Å². The third-order valence-corrected chi connectivity index (χ3v) is 4.77. The van der Waals surface area contributed by atoms with Gasteiger partial charge in [-0.15, -0.1) is 0 Å². The number of piperidine rings is 1. The summed E-state index contributed by atoms with van der Waals surface area (Å²) in [5.74, 6) is -1.40. The molecule has 1 fully saturated rings. The molecule has 0 bridgehead atoms. The summed E-state index contributed by atoms with van der Waals surface area (Å²) in [6, 6.07) is 3.06. The number of rotatable bonds is 7. The topological polar surface area (TPSA) is 136 Å². The third kappa shape index (κ3) is 7.21. The van der Waals surface area contributed by atoms with Crippen molar-refractivity contribution < 1.29 is 8.78 Å². The summed E-state index contributed by atoms with van der Waals surface area (Å²) in [5, 5.41) is 19.6. The second kappa shape index (κ2) is 11.3. The molecule has 0 aromatic heterocycles. The van der Waals surface area contributed by atoms with E-state index in [1.165, 1.54) is 24.4 Å². The summed E-state index contributed by atoms with van der Waals surface area (Å²) in [6.07, 6.45) is 5.88. The van der Waals surface area contributed by atoms with Gasteiger partial charge < -0.3 is 16.8 Å². The Hall–Kier alpha value is -3.20. The Balaban J connectivity index is 2.38. The van der Waals surface area contributed by atoms with Gasteiger partial charge >= 0.3 is 0 Å². The van der Waals surface area contributed by atoms with Gasteiger partial charge in [0.05, 0.1) is 11.8 Å². The number of halogens is 2. The summed E-state index contributed by atoms with van der Waals surface area (Å²) >= 11 is 0. The second-order valence-electron chi connectivity index (χ2n) is 7.54. The van der Waals surface area contributed by atoms with Crippen LogP contribution in [0.3, 0.4) is 0 Å². The van der Waals surface area contributed by atoms with Crippen molar-refractivity contribution in [3.8, 4) is 0 Å². The van der Waals surface area contributed by atoms with Crippen LogP contribution in [0.4, 0.5) is 8.78 Å². The molecule has 1 aliphatic heterocycles. The molecule has 1 aromatic rings. The van der Waals surface area contributed by atoms with Crippen LogP contribution in [-0.4, -0.2) is 42.7 Å². The van der Waals surface area contributed by atoms with E-state index in [-0.39, 0.29) is 40.3 Å². The number of aliphatic imine (C=N–C) groups is 2. The van der Waals surface area contributed by atoms with Crippen LogP contribution in [0.1, 0.15) is 32.3 Å². The molecular formula is C22H29F2N7. The molecule has 1 heterocycles. The lowest BCUT2D eigenvalue weighted by molar-refractivity contribution is 0.461. The maximum Gasteiger partial charge on any atom is 0.146 e. The molecule has 2 rings (SSSR count). The van der Waals surface area contributed by atoms with Gasteiger partial charge in [0.15, 0.2) is 0 Å². The number of allylic oxidation sites excluding steroid dienone is 2. The van der Waals surface area contributed by atoms with E-state index in [9.17, 15) is 8.78 Å². The van der Waals surface area contributed by atoms with Crippen molar-refractivity contribution in [3.05, 3.63) is 58.8 Å². The lowest BCUT2D eigenvalue weighted by Crippen LogP contribution is -2.30. The molecule has 0 radical (unpaired) electrons. The maximum absolute atomic E-state index is 14.3. The Kier molecular flexibility index (Phi) is 8.75. The first-order valence-corrected chi connectivity index (χ1v) is 10.1. The van der Waals surface area contributed by atoms with Gasteiger partial charge in [0.1, 0.15) is 23.3 Å². The van der Waals surface area contributed by atoms with Crippen molar-refractivity contribution >= 4 is 23.6 Å². The lowest BCUT2D eigenvalue weighted by Gasteiger charge is -2.19. The smallest absolute Gasteiger partial charge is 0.146 e. The normalized spacial score (nSPS) is 16.9. The van der Waals surface area contributed by atoms with Crippen LogP contribution in [0, 0.1) is 28.4 Å². The highest BCUT2D eigenvalue weighted by Gasteiger charge is 2.16. The highest BCUT2D eigenvalue weighted by molar-refractivity contribution is 6.23. The number of hydrogen-bond donors (Lipinski definition) is 5. The summed E-state index contributed by atoms with van der Waals surface area (Å²) in [5.41, 5.74) is 11.9. The van der Waals surface area contributed by atoms with Crippen molar-refractivity contribution in [1.82, 2.24) is 5.32 Å². The monoisotopic (exact) mass is 429 g/mol. The van der Waals surface area contributed by atoms with Crippen molar-refractivity contribution in [1.29, 1.82) is 10.8 Å². The van der Waals surface area contributed by atoms with Gasteiger partial charge in [0.2, 0.25) is 0 Å². The molecular weight excluding hydrogens is 400 g/mol. The Morgan fingerprint density at radius 3 is 2.45 bits per heavy atom. The largest absolute Gasteiger partial charge is 0.398 e. The van der Waals surface area contributed by atoms with Gasteiger partial charge in [-0.2, -0.15) is 0 Å². The molecule has 0 amide bonds. The summed E-state index contributed by atoms with van der Waals surface area (Å²) in [7, 11) is 0. The van der Waals surface area contributed by atoms with Gasteiger partial charge in [0, 0.05) is 35.0 Å². The van der Waals surface area contributed by atoms with Crippen LogP contribution in [-0.2, 0) is 0 Å². The molecule has 7 nitrogen and oxygen atoms in total. The fraction of sp³-hybridized carbons (Fsp3) is 0.364. The summed E-state index contributed by atoms with van der Waals surface area (Å²) in [4.78, 5) is 8.49. The van der Waals surface area contributed by atoms with E-state index >= 15 is 0 Å². The van der Waals surface area contributed by atoms with Crippen molar-refractivity contribution in [2.45, 2.75) is 32.7 Å². The first kappa shape index (κ1) is 24.1. The molecule has 0 unspecified atom stereocenters. The van der Waals surface area contributed by atoms with E-state index < -0.39 is 11.6 Å². The van der Waals surface area contributed by atoms with Crippen LogP contribution in [0.5, 0.6) is 0 Å². The number of nitrogens with zero attached hydrogens (tertiary/aromatic N) is 2. The van der Waals surface area contributed by atoms with E-state index in [0.29, 0.717) is 5.84 Å². The SMILES string of the molecule is CC(C)C(N)=NC(=N)/C=C\C(N)=C(\C=NC1CCNCC1)C(=N)c1ccc(F)cc1F. The maximum atomic E-state index is 14.3. The van der Waals surface area contributed by atoms with E-state index in [1.807, 2.05) is 13.8 Å². The number of amidine groups is 2. The Morgan fingerprint density at radius 2 is 1.84 bits per heavy atom. The molecule has 0 aliphatic carbocycles. The van der Waals surface area contributed by atoms with Crippen LogP contribution in [0.25, 0.3) is 0 Å². The fourth-order valence-electron chi connectivity index (χ4n) is 2.82. The van der Waals surface area contributed by atoms with Gasteiger partial charge in [-0.05, 0) is 50.2 Å². The predicted molar refractivity (Wildman–Crippen MR) is 122 cm³/mol. The van der Waals surface area contributed by atoms with Crippen LogP contribution in [0.2, 0.25) is 0 Å². The minimum Gasteiger partial charge on any atom is -0.398 e. The molecule has 31 heavy (non-hydrogen) atoms. The zero-order chi connectivity index (χ0) is 23.0. The molecule has 1 aromatic carbocycles. The quantitative estimate of drug-likeness (QED) is 0.259. The standard InChI is InChI=1S/C22H29F2N7/c1-13(2)22(28)31-20(26)6-5-19(25)17(12-30-15-7-9-29-10-8-15)21(27)16-4-3-14(23)11-18(16)24/h3-6,11-13,15,27,29H,7-10,25H2,1-2H3,(H3,26,28,31)/b6-5-,19-17+,27-21?,30-12?. The average molecular weight is 430 g/mol. The molecule has 0 saturated carbocycles. The van der Waals surface area contributed by atoms with Crippen molar-refractivity contribution in [3.63, 3.8) is 0 Å². The molecule has 0 atom stereocenters. The zero-order valence-electron chi connectivity index (χ0n) is 17.8. The highest BCUT2D eigenvalue weighted by Crippen LogP contribution is 2.16. The molecule has 1 saturated heterocycles. The van der Waals surface area contributed by atoms with Gasteiger partial charge in [0.25, 0.3) is 0 Å². The van der Waals surface area contributed by atoms with E-state index in [4.69, 9.17) is 22.3 Å². The third-order valence-electron chi connectivity index (χ3n) is 4.77. The second-order valence-corrected chi connectivity index (χ2v) is 7.54. The number of benzene rings is 1. The minimum atomic E-state index is -0.864. The van der Waals surface area contributed by atoms with Gasteiger partial charge in [-0.3, -0.25) is 15.8 Å². The fourth-order valence-corrected chi connectivity index (χ4v) is 2.82. The number of nitrogens with two attached hydrogens (primary N) is 2. The molecule has 166 valence electrons. The first-order valence-electron chi connectivity index (χ1n) is 10.1. The Morgan fingerprint density at radius 1 is 1.16 bits per heavy atom. The van der Waals surface area contributed by atoms with Crippen LogP contribution < -0.4 is 16.8 Å². The number of hydrogen-bond acceptors (Lipinski definition) is 5. The van der Waals surface area contributed by atoms with E-state index in [1.54, 1.807) is 0 Å². The number of nitrogens with one attached hydrogen (secondary N) is 3. The zero-order valence-corrected chi connectivity index (χ0v) is 17.8. The van der Waals surface area contributed by atoms with Crippen LogP contribution in [0.15, 0.2) is 51.6 Å². The Bertz CT molecular complexity index is 939. The predicted octanol–water partition coefficient (Wildman–Crippen LogP) is 2.91. The molecule has 1 aliphatic rings. The van der Waals surface area contributed by atoms with Crippen molar-refractivity contribution in [2.75, 3.05) is 13.1 Å². The lowest BCUT2D eigenvalue weighted by atomic mass is 10.00. The van der Waals surface area contributed by atoms with Crippen LogP contribution >= 0.6 is 0 Å². The van der Waals surface area contributed by atoms with E-state index in [2.05, 4.69) is 15.3 Å². The minimum absolute atomic E-state index is 0.0102. The van der Waals surface area contributed by atoms with Crippen molar-refractivity contribution in [2.24, 2.45) is 27.4 Å². The highest BCUT2D eigenvalue weighted by atomic mass is 19.1. The van der Waals surface area contributed by atoms with Gasteiger partial charge in [-0.1, -0.05) is 13.8 Å². The van der Waals surface area contributed by atoms with Gasteiger partial charge in [-0.25, -0.2) is 13.8 Å². The summed E-state index contributed by atoms with van der Waals surface area (Å²) < 4.78 is 27.6. The Labute approximate surface area is 181 Å². The average Bonchev–Trinajstić information content (AvgIpc) is 2.72. The molecule has 0 spiro atoms. The first-order chi connectivity index (χ1) is 14.7. The molecule has 7 N–H and O–H groups in total. The summed E-state index contributed by atoms with van der Waals surface area (Å²) in [6.45, 7) is 5.40. The molecule has 9 heteroatoms.